The highest BCUT2D eigenvalue weighted by Gasteiger charge is 2.35. The first-order valence-electron chi connectivity index (χ1n) is 7.51. The molecule has 2 aromatic rings. The Kier molecular flexibility index (Phi) is 4.63. The summed E-state index contributed by atoms with van der Waals surface area (Å²) in [6, 6.07) is 13.1. The Balaban J connectivity index is 1.68. The van der Waals surface area contributed by atoms with Crippen molar-refractivity contribution < 1.29 is 14.4 Å². The summed E-state index contributed by atoms with van der Waals surface area (Å²) < 4.78 is 0. The van der Waals surface area contributed by atoms with Crippen molar-refractivity contribution in [3.8, 4) is 0 Å². The minimum atomic E-state index is -0.427. The third-order valence-corrected chi connectivity index (χ3v) is 3.94. The Morgan fingerprint density at radius 2 is 1.72 bits per heavy atom. The van der Waals surface area contributed by atoms with Gasteiger partial charge in [-0.3, -0.25) is 19.3 Å². The van der Waals surface area contributed by atoms with Gasteiger partial charge in [0.15, 0.2) is 0 Å². The lowest BCUT2D eigenvalue weighted by Gasteiger charge is -2.13. The number of hydrogen-bond donors (Lipinski definition) is 1. The Labute approximate surface area is 149 Å². The zero-order valence-corrected chi connectivity index (χ0v) is 14.1. The van der Waals surface area contributed by atoms with Gasteiger partial charge < -0.3 is 0 Å². The molecule has 3 rings (SSSR count). The van der Waals surface area contributed by atoms with Gasteiger partial charge in [0, 0.05) is 10.6 Å². The van der Waals surface area contributed by atoms with Crippen LogP contribution in [-0.4, -0.2) is 34.9 Å². The highest BCUT2D eigenvalue weighted by molar-refractivity contribution is 6.31. The van der Waals surface area contributed by atoms with Crippen LogP contribution in [0, 0.1) is 0 Å². The first kappa shape index (κ1) is 16.9. The number of hydrogen-bond acceptors (Lipinski definition) is 4. The van der Waals surface area contributed by atoms with Crippen LogP contribution in [0.25, 0.3) is 0 Å². The van der Waals surface area contributed by atoms with Crippen LogP contribution < -0.4 is 5.43 Å². The number of hydrazone groups is 1. The van der Waals surface area contributed by atoms with Crippen molar-refractivity contribution in [1.82, 2.24) is 10.3 Å². The van der Waals surface area contributed by atoms with E-state index in [1.54, 1.807) is 49.4 Å². The van der Waals surface area contributed by atoms with Gasteiger partial charge in [-0.1, -0.05) is 29.8 Å². The fraction of sp³-hybridized carbons (Fsp3) is 0.111. The second-order valence-electron chi connectivity index (χ2n) is 5.54. The van der Waals surface area contributed by atoms with Crippen LogP contribution in [0.5, 0.6) is 0 Å². The molecule has 3 amide bonds. The van der Waals surface area contributed by atoms with Gasteiger partial charge in [0.05, 0.1) is 23.4 Å². The number of carbonyl (C=O) groups is 3. The van der Waals surface area contributed by atoms with Crippen molar-refractivity contribution in [3.63, 3.8) is 0 Å². The zero-order valence-electron chi connectivity index (χ0n) is 13.3. The molecule has 25 heavy (non-hydrogen) atoms. The Morgan fingerprint density at radius 1 is 1.08 bits per heavy atom. The standard InChI is InChI=1S/C18H14ClN3O3/c1-11(20-21-16(23)12-5-4-6-13(19)9-12)10-22-17(24)14-7-2-3-8-15(14)18(22)25/h2-9H,10H2,1H3,(H,21,23)/b20-11+. The minimum absolute atomic E-state index is 0.00216. The Hall–Kier alpha value is -2.99. The van der Waals surface area contributed by atoms with Crippen molar-refractivity contribution in [3.05, 3.63) is 70.2 Å². The largest absolute Gasteiger partial charge is 0.271 e. The molecule has 1 N–H and O–H groups in total. The molecule has 0 spiro atoms. The fourth-order valence-corrected chi connectivity index (χ4v) is 2.68. The first-order chi connectivity index (χ1) is 12.0. The molecule has 126 valence electrons. The molecular formula is C18H14ClN3O3. The maximum atomic E-state index is 12.3. The summed E-state index contributed by atoms with van der Waals surface area (Å²) in [5.41, 5.74) is 3.93. The maximum absolute atomic E-state index is 12.3. The summed E-state index contributed by atoms with van der Waals surface area (Å²) in [5.74, 6) is -1.16. The lowest BCUT2D eigenvalue weighted by molar-refractivity contribution is 0.0677. The molecule has 1 aliphatic heterocycles. The van der Waals surface area contributed by atoms with Crippen LogP contribution in [0.15, 0.2) is 53.6 Å². The van der Waals surface area contributed by atoms with Crippen LogP contribution in [0.2, 0.25) is 5.02 Å². The average molecular weight is 356 g/mol. The first-order valence-corrected chi connectivity index (χ1v) is 7.89. The smallest absolute Gasteiger partial charge is 0.269 e. The van der Waals surface area contributed by atoms with Crippen LogP contribution in [0.3, 0.4) is 0 Å². The third-order valence-electron chi connectivity index (χ3n) is 3.70. The summed E-state index contributed by atoms with van der Waals surface area (Å²) in [6.07, 6.45) is 0. The minimum Gasteiger partial charge on any atom is -0.269 e. The van der Waals surface area contributed by atoms with E-state index in [1.807, 2.05) is 0 Å². The number of rotatable bonds is 4. The molecule has 0 aliphatic carbocycles. The third kappa shape index (κ3) is 3.44. The van der Waals surface area contributed by atoms with Crippen molar-refractivity contribution in [1.29, 1.82) is 0 Å². The molecule has 2 aromatic carbocycles. The van der Waals surface area contributed by atoms with Gasteiger partial charge in [-0.2, -0.15) is 5.10 Å². The van der Waals surface area contributed by atoms with Gasteiger partial charge in [0.2, 0.25) is 0 Å². The molecule has 0 atom stereocenters. The normalized spacial score (nSPS) is 13.8. The van der Waals surface area contributed by atoms with E-state index in [4.69, 9.17) is 11.6 Å². The lowest BCUT2D eigenvalue weighted by Crippen LogP contribution is -2.35. The molecule has 0 fully saturated rings. The van der Waals surface area contributed by atoms with E-state index in [-0.39, 0.29) is 18.4 Å². The molecular weight excluding hydrogens is 342 g/mol. The molecule has 0 aromatic heterocycles. The molecule has 0 saturated carbocycles. The molecule has 7 heteroatoms. The molecule has 0 radical (unpaired) electrons. The summed E-state index contributed by atoms with van der Waals surface area (Å²) >= 11 is 5.84. The molecule has 0 bridgehead atoms. The van der Waals surface area contributed by atoms with Crippen molar-refractivity contribution in [2.45, 2.75) is 6.92 Å². The number of benzene rings is 2. The molecule has 6 nitrogen and oxygen atoms in total. The van der Waals surface area contributed by atoms with Gasteiger partial charge in [0.25, 0.3) is 17.7 Å². The maximum Gasteiger partial charge on any atom is 0.271 e. The van der Waals surface area contributed by atoms with Crippen molar-refractivity contribution >= 4 is 35.0 Å². The summed E-state index contributed by atoms with van der Waals surface area (Å²) in [5, 5.41) is 4.40. The number of fused-ring (bicyclic) bond motifs is 1. The molecule has 0 unspecified atom stereocenters. The zero-order chi connectivity index (χ0) is 18.0. The number of nitrogens with zero attached hydrogens (tertiary/aromatic N) is 2. The van der Waals surface area contributed by atoms with Gasteiger partial charge >= 0.3 is 0 Å². The molecule has 1 aliphatic rings. The fourth-order valence-electron chi connectivity index (χ4n) is 2.49. The van der Waals surface area contributed by atoms with E-state index in [9.17, 15) is 14.4 Å². The van der Waals surface area contributed by atoms with Crippen LogP contribution >= 0.6 is 11.6 Å². The quantitative estimate of drug-likeness (QED) is 0.520. The number of halogens is 1. The number of nitrogens with one attached hydrogen (secondary N) is 1. The monoisotopic (exact) mass is 355 g/mol. The number of imide groups is 1. The topological polar surface area (TPSA) is 78.8 Å². The number of carbonyl (C=O) groups excluding carboxylic acids is 3. The predicted octanol–water partition coefficient (Wildman–Crippen LogP) is 2.74. The van der Waals surface area contributed by atoms with Crippen molar-refractivity contribution in [2.24, 2.45) is 5.10 Å². The van der Waals surface area contributed by atoms with Gasteiger partial charge in [-0.05, 0) is 37.3 Å². The number of amides is 3. The second kappa shape index (κ2) is 6.86. The van der Waals surface area contributed by atoms with E-state index < -0.39 is 5.91 Å². The Bertz CT molecular complexity index is 873. The average Bonchev–Trinajstić information content (AvgIpc) is 2.85. The predicted molar refractivity (Wildman–Crippen MR) is 93.8 cm³/mol. The van der Waals surface area contributed by atoms with E-state index in [2.05, 4.69) is 10.5 Å². The van der Waals surface area contributed by atoms with E-state index in [0.717, 1.165) is 4.90 Å². The van der Waals surface area contributed by atoms with Gasteiger partial charge in [-0.25, -0.2) is 5.43 Å². The summed E-state index contributed by atoms with van der Waals surface area (Å²) in [6.45, 7) is 1.63. The van der Waals surface area contributed by atoms with Crippen LogP contribution in [0.4, 0.5) is 0 Å². The van der Waals surface area contributed by atoms with Gasteiger partial charge in [-0.15, -0.1) is 0 Å². The highest BCUT2D eigenvalue weighted by Crippen LogP contribution is 2.22. The Morgan fingerprint density at radius 3 is 2.32 bits per heavy atom. The van der Waals surface area contributed by atoms with E-state index in [0.29, 0.717) is 27.4 Å². The van der Waals surface area contributed by atoms with E-state index >= 15 is 0 Å². The van der Waals surface area contributed by atoms with E-state index in [1.165, 1.54) is 6.07 Å². The van der Waals surface area contributed by atoms with Crippen molar-refractivity contribution in [2.75, 3.05) is 6.54 Å². The second-order valence-corrected chi connectivity index (χ2v) is 5.98. The summed E-state index contributed by atoms with van der Waals surface area (Å²) in [4.78, 5) is 37.7. The summed E-state index contributed by atoms with van der Waals surface area (Å²) in [7, 11) is 0. The lowest BCUT2D eigenvalue weighted by atomic mass is 10.1. The van der Waals surface area contributed by atoms with Crippen LogP contribution in [-0.2, 0) is 0 Å². The molecule has 0 saturated heterocycles. The SMILES string of the molecule is C/C(CN1C(=O)c2ccccc2C1=O)=N\NC(=O)c1cccc(Cl)c1. The van der Waals surface area contributed by atoms with Gasteiger partial charge in [0.1, 0.15) is 0 Å². The molecule has 1 heterocycles. The highest BCUT2D eigenvalue weighted by atomic mass is 35.5. The van der Waals surface area contributed by atoms with Crippen LogP contribution in [0.1, 0.15) is 38.0 Å².